The van der Waals surface area contributed by atoms with Crippen LogP contribution in [-0.4, -0.2) is 29.1 Å². The fourth-order valence-corrected chi connectivity index (χ4v) is 2.19. The highest BCUT2D eigenvalue weighted by atomic mass is 16.4. The van der Waals surface area contributed by atoms with E-state index in [2.05, 4.69) is 30.7 Å². The predicted molar refractivity (Wildman–Crippen MR) is 77.9 cm³/mol. The second-order valence-electron chi connectivity index (χ2n) is 4.83. The summed E-state index contributed by atoms with van der Waals surface area (Å²) in [6, 6.07) is 3.46. The van der Waals surface area contributed by atoms with E-state index in [0.29, 0.717) is 11.6 Å². The Bertz CT molecular complexity index is 428. The van der Waals surface area contributed by atoms with E-state index in [4.69, 9.17) is 5.11 Å². The molecule has 0 atom stereocenters. The van der Waals surface area contributed by atoms with Crippen molar-refractivity contribution in [1.29, 1.82) is 0 Å². The molecular formula is C15H24N2O2. The largest absolute Gasteiger partial charge is 0.478 e. The van der Waals surface area contributed by atoms with Crippen molar-refractivity contribution in [2.24, 2.45) is 5.92 Å². The lowest BCUT2D eigenvalue weighted by Gasteiger charge is -2.26. The fourth-order valence-electron chi connectivity index (χ4n) is 2.19. The molecule has 4 nitrogen and oxygen atoms in total. The third kappa shape index (κ3) is 3.94. The van der Waals surface area contributed by atoms with Gasteiger partial charge in [-0.2, -0.15) is 0 Å². The van der Waals surface area contributed by atoms with Crippen LogP contribution in [0.4, 0.5) is 5.82 Å². The van der Waals surface area contributed by atoms with E-state index >= 15 is 0 Å². The molecule has 0 aliphatic heterocycles. The lowest BCUT2D eigenvalue weighted by atomic mass is 10.0. The summed E-state index contributed by atoms with van der Waals surface area (Å²) < 4.78 is 0. The fraction of sp³-hybridized carbons (Fsp3) is 0.600. The van der Waals surface area contributed by atoms with Crippen LogP contribution in [0.15, 0.2) is 12.1 Å². The van der Waals surface area contributed by atoms with E-state index in [0.717, 1.165) is 31.7 Å². The smallest absolute Gasteiger partial charge is 0.337 e. The molecule has 0 spiro atoms. The molecule has 1 rings (SSSR count). The lowest BCUT2D eigenvalue weighted by molar-refractivity contribution is 0.0695. The van der Waals surface area contributed by atoms with Gasteiger partial charge in [-0.3, -0.25) is 0 Å². The molecule has 0 aromatic carbocycles. The van der Waals surface area contributed by atoms with Crippen LogP contribution in [0.2, 0.25) is 0 Å². The number of nitrogens with zero attached hydrogens (tertiary/aromatic N) is 2. The molecule has 4 heteroatoms. The molecule has 1 aromatic rings. The molecule has 0 radical (unpaired) electrons. The molecule has 0 bridgehead atoms. The average molecular weight is 264 g/mol. The third-order valence-corrected chi connectivity index (χ3v) is 3.64. The Balaban J connectivity index is 2.93. The molecule has 1 N–H and O–H groups in total. The summed E-state index contributed by atoms with van der Waals surface area (Å²) in [7, 11) is 0. The van der Waals surface area contributed by atoms with E-state index in [9.17, 15) is 4.79 Å². The Labute approximate surface area is 115 Å². The summed E-state index contributed by atoms with van der Waals surface area (Å²) in [5.41, 5.74) is 0.857. The number of hydrogen-bond acceptors (Lipinski definition) is 3. The number of anilines is 1. The second kappa shape index (κ2) is 7.12. The van der Waals surface area contributed by atoms with E-state index in [1.807, 2.05) is 6.07 Å². The van der Waals surface area contributed by atoms with Gasteiger partial charge in [-0.25, -0.2) is 9.78 Å². The number of carbonyl (C=O) groups is 1. The maximum Gasteiger partial charge on any atom is 0.337 e. The highest BCUT2D eigenvalue weighted by Crippen LogP contribution is 2.18. The number of aryl methyl sites for hydroxylation is 1. The number of carboxylic acids is 1. The van der Waals surface area contributed by atoms with Crippen LogP contribution in [0.3, 0.4) is 0 Å². The highest BCUT2D eigenvalue weighted by Gasteiger charge is 2.14. The quantitative estimate of drug-likeness (QED) is 0.820. The van der Waals surface area contributed by atoms with Gasteiger partial charge in [-0.15, -0.1) is 0 Å². The van der Waals surface area contributed by atoms with Crippen LogP contribution in [0.1, 0.15) is 49.7 Å². The normalized spacial score (nSPS) is 10.8. The van der Waals surface area contributed by atoms with E-state index in [-0.39, 0.29) is 5.56 Å². The van der Waals surface area contributed by atoms with Gasteiger partial charge in [0.1, 0.15) is 5.82 Å². The van der Waals surface area contributed by atoms with E-state index in [1.54, 1.807) is 13.0 Å². The zero-order chi connectivity index (χ0) is 14.4. The summed E-state index contributed by atoms with van der Waals surface area (Å²) in [5.74, 6) is 0.609. The van der Waals surface area contributed by atoms with Gasteiger partial charge >= 0.3 is 5.97 Å². The maximum atomic E-state index is 11.0. The topological polar surface area (TPSA) is 53.4 Å². The number of hydrogen-bond donors (Lipinski definition) is 1. The zero-order valence-corrected chi connectivity index (χ0v) is 12.3. The van der Waals surface area contributed by atoms with E-state index in [1.165, 1.54) is 0 Å². The van der Waals surface area contributed by atoms with Gasteiger partial charge in [0.25, 0.3) is 0 Å². The van der Waals surface area contributed by atoms with Crippen molar-refractivity contribution in [1.82, 2.24) is 4.98 Å². The maximum absolute atomic E-state index is 11.0. The third-order valence-electron chi connectivity index (χ3n) is 3.64. The molecule has 106 valence electrons. The lowest BCUT2D eigenvalue weighted by Crippen LogP contribution is -2.30. The van der Waals surface area contributed by atoms with Crippen molar-refractivity contribution in [3.8, 4) is 0 Å². The van der Waals surface area contributed by atoms with Crippen molar-refractivity contribution in [3.63, 3.8) is 0 Å². The molecule has 0 fully saturated rings. The van der Waals surface area contributed by atoms with Gasteiger partial charge in [0, 0.05) is 13.1 Å². The van der Waals surface area contributed by atoms with Crippen molar-refractivity contribution in [2.45, 2.75) is 40.5 Å². The van der Waals surface area contributed by atoms with Crippen molar-refractivity contribution >= 4 is 11.8 Å². The molecule has 1 aromatic heterocycles. The summed E-state index contributed by atoms with van der Waals surface area (Å²) in [5, 5.41) is 9.02. The predicted octanol–water partition coefficient (Wildman–Crippen LogP) is 3.35. The van der Waals surface area contributed by atoms with Gasteiger partial charge < -0.3 is 10.0 Å². The molecule has 0 unspecified atom stereocenters. The van der Waals surface area contributed by atoms with Gasteiger partial charge in [-0.05, 0) is 31.9 Å². The Morgan fingerprint density at radius 3 is 2.37 bits per heavy atom. The Kier molecular flexibility index (Phi) is 5.80. The minimum atomic E-state index is -0.917. The van der Waals surface area contributed by atoms with Gasteiger partial charge in [0.2, 0.25) is 0 Å². The number of carboxylic acid groups (broad SMARTS) is 1. The van der Waals surface area contributed by atoms with Crippen molar-refractivity contribution < 1.29 is 9.90 Å². The summed E-state index contributed by atoms with van der Waals surface area (Å²) in [6.45, 7) is 10.1. The molecular weight excluding hydrogens is 240 g/mol. The molecule has 0 saturated carbocycles. The van der Waals surface area contributed by atoms with Crippen LogP contribution in [-0.2, 0) is 0 Å². The number of pyridine rings is 1. The first-order valence-electron chi connectivity index (χ1n) is 6.99. The number of aromatic carboxylic acids is 1. The van der Waals surface area contributed by atoms with Crippen LogP contribution >= 0.6 is 0 Å². The Morgan fingerprint density at radius 2 is 1.95 bits per heavy atom. The van der Waals surface area contributed by atoms with Crippen molar-refractivity contribution in [2.75, 3.05) is 18.0 Å². The van der Waals surface area contributed by atoms with Crippen LogP contribution in [0.25, 0.3) is 0 Å². The van der Waals surface area contributed by atoms with Gasteiger partial charge in [0.05, 0.1) is 11.3 Å². The SMILES string of the molecule is CCC(CC)CN(CC)c1ccc(C(=O)O)c(C)n1. The minimum absolute atomic E-state index is 0.280. The first-order chi connectivity index (χ1) is 9.03. The van der Waals surface area contributed by atoms with Gasteiger partial charge in [0.15, 0.2) is 0 Å². The van der Waals surface area contributed by atoms with Crippen LogP contribution in [0.5, 0.6) is 0 Å². The van der Waals surface area contributed by atoms with Gasteiger partial charge in [-0.1, -0.05) is 26.7 Å². The Morgan fingerprint density at radius 1 is 1.32 bits per heavy atom. The first-order valence-corrected chi connectivity index (χ1v) is 6.99. The second-order valence-corrected chi connectivity index (χ2v) is 4.83. The van der Waals surface area contributed by atoms with Crippen LogP contribution < -0.4 is 4.90 Å². The molecule has 1 heterocycles. The standard InChI is InChI=1S/C15H24N2O2/c1-5-12(6-2)10-17(7-3)14-9-8-13(15(18)19)11(4)16-14/h8-9,12H,5-7,10H2,1-4H3,(H,18,19). The number of aromatic nitrogens is 1. The highest BCUT2D eigenvalue weighted by molar-refractivity contribution is 5.89. The number of rotatable bonds is 7. The summed E-state index contributed by atoms with van der Waals surface area (Å²) >= 11 is 0. The Hall–Kier alpha value is -1.58. The summed E-state index contributed by atoms with van der Waals surface area (Å²) in [6.07, 6.45) is 2.30. The first kappa shape index (κ1) is 15.5. The zero-order valence-electron chi connectivity index (χ0n) is 12.3. The molecule has 19 heavy (non-hydrogen) atoms. The van der Waals surface area contributed by atoms with Crippen molar-refractivity contribution in [3.05, 3.63) is 23.4 Å². The minimum Gasteiger partial charge on any atom is -0.478 e. The molecule has 0 aliphatic carbocycles. The average Bonchev–Trinajstić information content (AvgIpc) is 2.39. The molecule has 0 amide bonds. The molecule has 0 saturated heterocycles. The monoisotopic (exact) mass is 264 g/mol. The molecule has 0 aliphatic rings. The summed E-state index contributed by atoms with van der Waals surface area (Å²) in [4.78, 5) is 17.6. The van der Waals surface area contributed by atoms with Crippen LogP contribution in [0, 0.1) is 12.8 Å². The van der Waals surface area contributed by atoms with E-state index < -0.39 is 5.97 Å².